The number of aromatic amines is 2. The molecule has 380 valence electrons. The van der Waals surface area contributed by atoms with Crippen LogP contribution in [0.5, 0.6) is 0 Å². The largest absolute Gasteiger partial charge is 0.469 e. The third-order valence-electron chi connectivity index (χ3n) is 14.0. The highest BCUT2D eigenvalue weighted by atomic mass is 16.6. The summed E-state index contributed by atoms with van der Waals surface area (Å²) >= 11 is 0. The molecular weight excluding hydrogens is 895 g/mol. The number of alkyl carbamates (subject to hydrolysis) is 1. The minimum Gasteiger partial charge on any atom is -0.469 e. The van der Waals surface area contributed by atoms with Gasteiger partial charge in [0.05, 0.1) is 92.3 Å². The van der Waals surface area contributed by atoms with E-state index < -0.39 is 17.6 Å². The van der Waals surface area contributed by atoms with Crippen LogP contribution in [0.2, 0.25) is 0 Å². The standard InChI is InChI=1S/C53H73N7O10/c1-12-36-30(2)38-29-43-45(34(6)69-26-25-68-24-23-67-22-21-65-10)32(4)40(56-43)27-39-31(3)37(13-14-44(61)66-11)48(57-39)47-49-46(33(5)41(58-49)28-42(36)55-38)50(62)60(51(47)63)20-19-59-17-15-35(16-18-59)54-52(64)70-53(7,8)9/h27-29,31,34-35,37,57-58H,12-26H2,1-11H3,(H,54,64)/t31-,34?,37-/m0/s1. The molecule has 1 fully saturated rings. The van der Waals surface area contributed by atoms with Gasteiger partial charge in [0.15, 0.2) is 0 Å². The number of hydrogen-bond donors (Lipinski definition) is 3. The highest BCUT2D eigenvalue weighted by Gasteiger charge is 2.41. The number of imide groups is 1. The molecule has 5 aliphatic rings. The van der Waals surface area contributed by atoms with Crippen LogP contribution in [-0.4, -0.2) is 151 Å². The maximum atomic E-state index is 15.2. The maximum absolute atomic E-state index is 15.2. The van der Waals surface area contributed by atoms with Gasteiger partial charge in [-0.15, -0.1) is 0 Å². The summed E-state index contributed by atoms with van der Waals surface area (Å²) in [6, 6.07) is 6.02. The normalized spacial score (nSPS) is 18.7. The molecule has 8 bridgehead atoms. The molecule has 17 nitrogen and oxygen atoms in total. The Balaban J connectivity index is 1.30. The van der Waals surface area contributed by atoms with Gasteiger partial charge >= 0.3 is 12.1 Å². The van der Waals surface area contributed by atoms with Gasteiger partial charge in [-0.1, -0.05) is 13.8 Å². The minimum absolute atomic E-state index is 0.0391. The number of allylic oxidation sites excluding steroid dienone is 3. The third-order valence-corrected chi connectivity index (χ3v) is 14.0. The molecule has 17 heteroatoms. The minimum atomic E-state index is -0.595. The summed E-state index contributed by atoms with van der Waals surface area (Å²) in [6.07, 6.45) is 1.86. The predicted octanol–water partition coefficient (Wildman–Crippen LogP) is 8.13. The van der Waals surface area contributed by atoms with Crippen LogP contribution in [0, 0.1) is 6.92 Å². The zero-order valence-electron chi connectivity index (χ0n) is 43.0. The molecule has 2 aromatic heterocycles. The van der Waals surface area contributed by atoms with Crippen molar-refractivity contribution in [3.63, 3.8) is 0 Å². The van der Waals surface area contributed by atoms with E-state index in [-0.39, 0.29) is 48.8 Å². The van der Waals surface area contributed by atoms with Gasteiger partial charge in [-0.05, 0) is 115 Å². The van der Waals surface area contributed by atoms with Crippen LogP contribution < -0.4 is 5.32 Å². The Morgan fingerprint density at radius 3 is 2.17 bits per heavy atom. The van der Waals surface area contributed by atoms with Gasteiger partial charge in [0.25, 0.3) is 11.8 Å². The fraction of sp³-hybridized carbons (Fsp3) is 0.585. The lowest BCUT2D eigenvalue weighted by atomic mass is 9.84. The Morgan fingerprint density at radius 1 is 0.843 bits per heavy atom. The number of aromatic nitrogens is 4. The van der Waals surface area contributed by atoms with Gasteiger partial charge in [0, 0.05) is 80.1 Å². The topological polar surface area (TPSA) is 200 Å². The Bertz CT molecular complexity index is 2580. The number of rotatable bonds is 19. The number of methoxy groups -OCH3 is 2. The van der Waals surface area contributed by atoms with Crippen molar-refractivity contribution in [2.24, 2.45) is 0 Å². The summed E-state index contributed by atoms with van der Waals surface area (Å²) in [5.74, 6) is -1.65. The zero-order valence-corrected chi connectivity index (χ0v) is 43.0. The van der Waals surface area contributed by atoms with Crippen molar-refractivity contribution in [1.29, 1.82) is 0 Å². The number of aryl methyl sites for hydroxylation is 1. The lowest BCUT2D eigenvalue weighted by molar-refractivity contribution is -0.140. The highest BCUT2D eigenvalue weighted by molar-refractivity contribution is 6.23. The van der Waals surface area contributed by atoms with Gasteiger partial charge in [-0.2, -0.15) is 0 Å². The molecule has 2 aromatic rings. The highest BCUT2D eigenvalue weighted by Crippen LogP contribution is 2.45. The number of hydrogen-bond acceptors (Lipinski definition) is 13. The van der Waals surface area contributed by atoms with E-state index in [4.69, 9.17) is 38.4 Å². The number of nitrogens with zero attached hydrogens (tertiary/aromatic N) is 4. The van der Waals surface area contributed by atoms with Crippen molar-refractivity contribution >= 4 is 57.2 Å². The molecule has 0 spiro atoms. The van der Waals surface area contributed by atoms with Gasteiger partial charge < -0.3 is 48.6 Å². The SMILES string of the molecule is CCC1=C(C)c2cc3nc(cc4[nH]c(c5c6[nH]c(cc1n2)c(C)c6C(=O)N(CCN1CCC(NC(=O)OC(C)(C)C)CC1)C5=O)[C@@H](CCC(=O)OC)[C@@H]4C)C(C)=C3C(C)OCCOCCOCCOC. The number of ether oxygens (including phenoxy) is 6. The number of carbonyl (C=O) groups is 4. The quantitative estimate of drug-likeness (QED) is 0.0694. The lowest BCUT2D eigenvalue weighted by Gasteiger charge is -2.34. The molecule has 7 rings (SSSR count). The van der Waals surface area contributed by atoms with E-state index in [0.29, 0.717) is 118 Å². The monoisotopic (exact) mass is 968 g/mol. The van der Waals surface area contributed by atoms with Crippen LogP contribution in [0.3, 0.4) is 0 Å². The van der Waals surface area contributed by atoms with Crippen molar-refractivity contribution in [2.75, 3.05) is 80.0 Å². The summed E-state index contributed by atoms with van der Waals surface area (Å²) in [5.41, 5.74) is 10.5. The van der Waals surface area contributed by atoms with Crippen molar-refractivity contribution in [2.45, 2.75) is 124 Å². The summed E-state index contributed by atoms with van der Waals surface area (Å²) < 4.78 is 33.4. The Labute approximate surface area is 411 Å². The van der Waals surface area contributed by atoms with E-state index in [0.717, 1.165) is 50.8 Å². The Kier molecular flexibility index (Phi) is 17.0. The first-order valence-corrected chi connectivity index (χ1v) is 24.8. The van der Waals surface area contributed by atoms with E-state index in [1.54, 1.807) is 7.11 Å². The Hall–Kier alpha value is -5.46. The zero-order chi connectivity index (χ0) is 50.4. The van der Waals surface area contributed by atoms with E-state index in [1.165, 1.54) is 12.0 Å². The molecule has 3 N–H and O–H groups in total. The van der Waals surface area contributed by atoms with E-state index in [9.17, 15) is 14.4 Å². The predicted molar refractivity (Wildman–Crippen MR) is 268 cm³/mol. The molecule has 0 saturated carbocycles. The van der Waals surface area contributed by atoms with Crippen LogP contribution in [-0.2, 0) is 33.2 Å². The van der Waals surface area contributed by atoms with Gasteiger partial charge in [-0.25, -0.2) is 14.8 Å². The fourth-order valence-corrected chi connectivity index (χ4v) is 10.1. The number of piperidine rings is 1. The second-order valence-corrected chi connectivity index (χ2v) is 19.7. The molecule has 3 atom stereocenters. The summed E-state index contributed by atoms with van der Waals surface area (Å²) in [4.78, 5) is 76.7. The van der Waals surface area contributed by atoms with Gasteiger partial charge in [0.2, 0.25) is 0 Å². The molecular formula is C53H73N7O10. The second-order valence-electron chi connectivity index (χ2n) is 19.7. The van der Waals surface area contributed by atoms with Crippen LogP contribution in [0.4, 0.5) is 4.79 Å². The second kappa shape index (κ2) is 22.7. The van der Waals surface area contributed by atoms with Crippen LogP contribution in [0.1, 0.15) is 160 Å². The summed E-state index contributed by atoms with van der Waals surface area (Å²) in [6.45, 7) is 22.5. The van der Waals surface area contributed by atoms with Gasteiger partial charge in [0.1, 0.15) is 5.60 Å². The average Bonchev–Trinajstić information content (AvgIpc) is 4.00. The molecule has 5 aliphatic heterocycles. The summed E-state index contributed by atoms with van der Waals surface area (Å²) in [5, 5.41) is 2.99. The van der Waals surface area contributed by atoms with Crippen LogP contribution in [0.15, 0.2) is 18.2 Å². The Morgan fingerprint density at radius 2 is 1.50 bits per heavy atom. The number of esters is 1. The number of carbonyl (C=O) groups excluding carboxylic acids is 4. The first-order chi connectivity index (χ1) is 33.4. The first-order valence-electron chi connectivity index (χ1n) is 24.8. The smallest absolute Gasteiger partial charge is 0.407 e. The molecule has 0 aliphatic carbocycles. The molecule has 7 heterocycles. The number of fused-ring (bicyclic) bond motifs is 8. The molecule has 70 heavy (non-hydrogen) atoms. The maximum Gasteiger partial charge on any atom is 0.407 e. The van der Waals surface area contributed by atoms with E-state index in [1.807, 2.05) is 59.7 Å². The van der Waals surface area contributed by atoms with Crippen LogP contribution >= 0.6 is 0 Å². The molecule has 3 amide bonds. The summed E-state index contributed by atoms with van der Waals surface area (Å²) in [7, 11) is 3.02. The van der Waals surface area contributed by atoms with Crippen LogP contribution in [0.25, 0.3) is 33.3 Å². The van der Waals surface area contributed by atoms with E-state index >= 15 is 4.79 Å². The average molecular weight is 968 g/mol. The number of likely N-dealkylation sites (tertiary alicyclic amines) is 1. The first kappa shape index (κ1) is 52.4. The van der Waals surface area contributed by atoms with Crippen molar-refractivity contribution in [1.82, 2.24) is 35.1 Å². The lowest BCUT2D eigenvalue weighted by Crippen LogP contribution is -2.49. The molecule has 1 unspecified atom stereocenters. The van der Waals surface area contributed by atoms with Gasteiger partial charge in [-0.3, -0.25) is 19.3 Å². The van der Waals surface area contributed by atoms with Crippen molar-refractivity contribution in [3.05, 3.63) is 69.1 Å². The number of H-pyrrole nitrogens is 2. The van der Waals surface area contributed by atoms with E-state index in [2.05, 4.69) is 41.0 Å². The number of nitrogens with one attached hydrogen (secondary N) is 3. The molecule has 0 radical (unpaired) electrons. The van der Waals surface area contributed by atoms with Crippen molar-refractivity contribution in [3.8, 4) is 0 Å². The molecule has 0 aromatic carbocycles. The molecule has 1 saturated heterocycles. The third kappa shape index (κ3) is 11.7. The number of amides is 3. The van der Waals surface area contributed by atoms with Crippen molar-refractivity contribution < 1.29 is 47.6 Å². The fourth-order valence-electron chi connectivity index (χ4n) is 10.1.